The highest BCUT2D eigenvalue weighted by atomic mass is 79.9. The standard InChI is InChI=1S/C17H17BrN2/c1-12-9-14(10-19)7-8-15(12)11-20-13(2)16-5-3-4-6-17(16)18/h3-9,13,20H,11H2,1-2H3/t13-/m1/s1. The van der Waals surface area contributed by atoms with Crippen molar-refractivity contribution in [3.05, 3.63) is 69.2 Å². The predicted octanol–water partition coefficient (Wildman–Crippen LogP) is 4.48. The van der Waals surface area contributed by atoms with Crippen LogP contribution in [0.3, 0.4) is 0 Å². The lowest BCUT2D eigenvalue weighted by Gasteiger charge is -2.17. The third kappa shape index (κ3) is 3.47. The first-order valence-electron chi connectivity index (χ1n) is 6.59. The molecule has 3 heteroatoms. The van der Waals surface area contributed by atoms with Crippen molar-refractivity contribution in [2.45, 2.75) is 26.4 Å². The van der Waals surface area contributed by atoms with Gasteiger partial charge in [-0.05, 0) is 48.7 Å². The average Bonchev–Trinajstić information content (AvgIpc) is 2.46. The van der Waals surface area contributed by atoms with Crippen molar-refractivity contribution < 1.29 is 0 Å². The summed E-state index contributed by atoms with van der Waals surface area (Å²) in [6.45, 7) is 4.99. The zero-order valence-corrected chi connectivity index (χ0v) is 13.2. The molecule has 0 aliphatic rings. The van der Waals surface area contributed by atoms with Crippen molar-refractivity contribution in [3.63, 3.8) is 0 Å². The minimum absolute atomic E-state index is 0.264. The van der Waals surface area contributed by atoms with Gasteiger partial charge in [0, 0.05) is 17.1 Å². The van der Waals surface area contributed by atoms with Crippen molar-refractivity contribution >= 4 is 15.9 Å². The van der Waals surface area contributed by atoms with Crippen molar-refractivity contribution in [1.29, 1.82) is 5.26 Å². The molecule has 0 radical (unpaired) electrons. The maximum absolute atomic E-state index is 8.88. The third-order valence-electron chi connectivity index (χ3n) is 3.44. The molecule has 0 unspecified atom stereocenters. The normalized spacial score (nSPS) is 11.9. The van der Waals surface area contributed by atoms with Gasteiger partial charge in [-0.1, -0.05) is 40.2 Å². The molecule has 1 N–H and O–H groups in total. The molecular formula is C17H17BrN2. The summed E-state index contributed by atoms with van der Waals surface area (Å²) in [5.41, 5.74) is 4.34. The zero-order valence-electron chi connectivity index (χ0n) is 11.7. The van der Waals surface area contributed by atoms with E-state index in [2.05, 4.69) is 46.4 Å². The first kappa shape index (κ1) is 14.8. The molecule has 0 bridgehead atoms. The molecule has 2 aromatic rings. The van der Waals surface area contributed by atoms with Crippen LogP contribution in [0.25, 0.3) is 0 Å². The van der Waals surface area contributed by atoms with Crippen LogP contribution in [0.5, 0.6) is 0 Å². The van der Waals surface area contributed by atoms with Crippen LogP contribution in [0.1, 0.15) is 35.2 Å². The maximum atomic E-state index is 8.88. The van der Waals surface area contributed by atoms with E-state index in [1.165, 1.54) is 11.1 Å². The van der Waals surface area contributed by atoms with Gasteiger partial charge in [0.2, 0.25) is 0 Å². The Morgan fingerprint density at radius 3 is 2.65 bits per heavy atom. The van der Waals surface area contributed by atoms with Gasteiger partial charge in [0.1, 0.15) is 0 Å². The number of nitriles is 1. The fourth-order valence-electron chi connectivity index (χ4n) is 2.16. The Balaban J connectivity index is 2.06. The van der Waals surface area contributed by atoms with Gasteiger partial charge >= 0.3 is 0 Å². The number of nitrogens with one attached hydrogen (secondary N) is 1. The highest BCUT2D eigenvalue weighted by Crippen LogP contribution is 2.23. The molecule has 0 fully saturated rings. The highest BCUT2D eigenvalue weighted by molar-refractivity contribution is 9.10. The lowest BCUT2D eigenvalue weighted by Crippen LogP contribution is -2.19. The average molecular weight is 329 g/mol. The van der Waals surface area contributed by atoms with E-state index < -0.39 is 0 Å². The Labute approximate surface area is 128 Å². The summed E-state index contributed by atoms with van der Waals surface area (Å²) >= 11 is 3.58. The number of benzene rings is 2. The monoisotopic (exact) mass is 328 g/mol. The first-order chi connectivity index (χ1) is 9.61. The number of nitrogens with zero attached hydrogens (tertiary/aromatic N) is 1. The summed E-state index contributed by atoms with van der Waals surface area (Å²) in [5.74, 6) is 0. The summed E-state index contributed by atoms with van der Waals surface area (Å²) < 4.78 is 1.12. The summed E-state index contributed by atoms with van der Waals surface area (Å²) in [6, 6.07) is 16.5. The van der Waals surface area contributed by atoms with E-state index in [0.717, 1.165) is 16.6 Å². The lowest BCUT2D eigenvalue weighted by atomic mass is 10.0. The lowest BCUT2D eigenvalue weighted by molar-refractivity contribution is 0.571. The van der Waals surface area contributed by atoms with E-state index >= 15 is 0 Å². The van der Waals surface area contributed by atoms with Gasteiger partial charge < -0.3 is 5.32 Å². The minimum atomic E-state index is 0.264. The van der Waals surface area contributed by atoms with E-state index in [9.17, 15) is 0 Å². The van der Waals surface area contributed by atoms with Crippen molar-refractivity contribution in [1.82, 2.24) is 5.32 Å². The Morgan fingerprint density at radius 1 is 1.25 bits per heavy atom. The number of aryl methyl sites for hydroxylation is 1. The third-order valence-corrected chi connectivity index (χ3v) is 4.16. The van der Waals surface area contributed by atoms with Crippen LogP contribution in [0.15, 0.2) is 46.9 Å². The van der Waals surface area contributed by atoms with Gasteiger partial charge in [-0.3, -0.25) is 0 Å². The second-order valence-corrected chi connectivity index (χ2v) is 5.73. The van der Waals surface area contributed by atoms with Crippen LogP contribution < -0.4 is 5.32 Å². The Bertz CT molecular complexity index is 644. The SMILES string of the molecule is Cc1cc(C#N)ccc1CN[C@H](C)c1ccccc1Br. The number of hydrogen-bond acceptors (Lipinski definition) is 2. The molecule has 0 aromatic heterocycles. The summed E-state index contributed by atoms with van der Waals surface area (Å²) in [6.07, 6.45) is 0. The summed E-state index contributed by atoms with van der Waals surface area (Å²) in [4.78, 5) is 0. The summed E-state index contributed by atoms with van der Waals surface area (Å²) in [7, 11) is 0. The molecule has 0 aliphatic heterocycles. The molecule has 0 spiro atoms. The van der Waals surface area contributed by atoms with Gasteiger partial charge in [-0.2, -0.15) is 5.26 Å². The molecule has 0 saturated carbocycles. The van der Waals surface area contributed by atoms with E-state index in [0.29, 0.717) is 5.56 Å². The fraction of sp³-hybridized carbons (Fsp3) is 0.235. The van der Waals surface area contributed by atoms with Crippen LogP contribution in [0.2, 0.25) is 0 Å². The van der Waals surface area contributed by atoms with Gasteiger partial charge in [0.15, 0.2) is 0 Å². The first-order valence-corrected chi connectivity index (χ1v) is 7.38. The zero-order chi connectivity index (χ0) is 14.5. The Hall–Kier alpha value is -1.63. The molecule has 0 saturated heterocycles. The second kappa shape index (κ2) is 6.69. The quantitative estimate of drug-likeness (QED) is 0.898. The largest absolute Gasteiger partial charge is 0.306 e. The number of hydrogen-bond donors (Lipinski definition) is 1. The topological polar surface area (TPSA) is 35.8 Å². The predicted molar refractivity (Wildman–Crippen MR) is 85.3 cm³/mol. The Kier molecular flexibility index (Phi) is 4.94. The molecule has 0 amide bonds. The number of rotatable bonds is 4. The smallest absolute Gasteiger partial charge is 0.0991 e. The molecule has 0 heterocycles. The molecular weight excluding hydrogens is 312 g/mol. The molecule has 20 heavy (non-hydrogen) atoms. The van der Waals surface area contributed by atoms with E-state index in [1.807, 2.05) is 37.3 Å². The van der Waals surface area contributed by atoms with Gasteiger partial charge in [0.05, 0.1) is 11.6 Å². The molecule has 2 aromatic carbocycles. The van der Waals surface area contributed by atoms with Crippen LogP contribution in [0, 0.1) is 18.3 Å². The van der Waals surface area contributed by atoms with E-state index in [4.69, 9.17) is 5.26 Å². The molecule has 102 valence electrons. The van der Waals surface area contributed by atoms with Crippen LogP contribution in [-0.4, -0.2) is 0 Å². The van der Waals surface area contributed by atoms with Gasteiger partial charge in [-0.25, -0.2) is 0 Å². The van der Waals surface area contributed by atoms with E-state index in [1.54, 1.807) is 0 Å². The maximum Gasteiger partial charge on any atom is 0.0991 e. The Morgan fingerprint density at radius 2 is 2.00 bits per heavy atom. The van der Waals surface area contributed by atoms with Crippen molar-refractivity contribution in [2.24, 2.45) is 0 Å². The molecule has 2 rings (SSSR count). The molecule has 1 atom stereocenters. The van der Waals surface area contributed by atoms with Crippen LogP contribution in [-0.2, 0) is 6.54 Å². The van der Waals surface area contributed by atoms with E-state index in [-0.39, 0.29) is 6.04 Å². The fourth-order valence-corrected chi connectivity index (χ4v) is 2.79. The minimum Gasteiger partial charge on any atom is -0.306 e. The van der Waals surface area contributed by atoms with Crippen molar-refractivity contribution in [3.8, 4) is 6.07 Å². The van der Waals surface area contributed by atoms with Gasteiger partial charge in [0.25, 0.3) is 0 Å². The van der Waals surface area contributed by atoms with Crippen LogP contribution >= 0.6 is 15.9 Å². The van der Waals surface area contributed by atoms with Crippen LogP contribution in [0.4, 0.5) is 0 Å². The summed E-state index contributed by atoms with van der Waals surface area (Å²) in [5, 5.41) is 12.4. The second-order valence-electron chi connectivity index (χ2n) is 4.88. The highest BCUT2D eigenvalue weighted by Gasteiger charge is 2.08. The van der Waals surface area contributed by atoms with Gasteiger partial charge in [-0.15, -0.1) is 0 Å². The number of halogens is 1. The van der Waals surface area contributed by atoms with Crippen molar-refractivity contribution in [2.75, 3.05) is 0 Å². The molecule has 2 nitrogen and oxygen atoms in total. The molecule has 0 aliphatic carbocycles.